The number of nitrogens with zero attached hydrogens (tertiary/aromatic N) is 3. The summed E-state index contributed by atoms with van der Waals surface area (Å²) in [5.74, 6) is 1.62. The van der Waals surface area contributed by atoms with Gasteiger partial charge in [0.2, 0.25) is 0 Å². The summed E-state index contributed by atoms with van der Waals surface area (Å²) in [6.07, 6.45) is 6.46. The highest BCUT2D eigenvalue weighted by atomic mass is 16.5. The smallest absolute Gasteiger partial charge is 0.143 e. The first kappa shape index (κ1) is 14.2. The molecule has 0 amide bonds. The molecular formula is C17H19N5O. The summed E-state index contributed by atoms with van der Waals surface area (Å²) in [7, 11) is 0. The van der Waals surface area contributed by atoms with E-state index in [9.17, 15) is 5.26 Å². The normalized spacial score (nSPS) is 20.9. The van der Waals surface area contributed by atoms with Gasteiger partial charge in [0.1, 0.15) is 23.4 Å². The minimum absolute atomic E-state index is 0.246. The zero-order valence-corrected chi connectivity index (χ0v) is 12.9. The van der Waals surface area contributed by atoms with Crippen molar-refractivity contribution in [3.63, 3.8) is 0 Å². The van der Waals surface area contributed by atoms with Crippen LogP contribution in [0.15, 0.2) is 18.3 Å². The Morgan fingerprint density at radius 1 is 1.17 bits per heavy atom. The van der Waals surface area contributed by atoms with Gasteiger partial charge in [0.15, 0.2) is 0 Å². The lowest BCUT2D eigenvalue weighted by Gasteiger charge is -2.27. The number of aromatic nitrogens is 2. The molecule has 6 heteroatoms. The van der Waals surface area contributed by atoms with Crippen LogP contribution in [0.3, 0.4) is 0 Å². The molecule has 118 valence electrons. The van der Waals surface area contributed by atoms with E-state index in [2.05, 4.69) is 26.7 Å². The van der Waals surface area contributed by atoms with Crippen molar-refractivity contribution in [1.29, 1.82) is 5.26 Å². The number of anilines is 2. The molecule has 2 aliphatic rings. The Kier molecular flexibility index (Phi) is 3.72. The Hall–Kier alpha value is -2.39. The van der Waals surface area contributed by atoms with Gasteiger partial charge in [-0.05, 0) is 37.8 Å². The van der Waals surface area contributed by atoms with Crippen LogP contribution in [0.1, 0.15) is 31.4 Å². The lowest BCUT2D eigenvalue weighted by atomic mass is 9.93. The van der Waals surface area contributed by atoms with E-state index < -0.39 is 0 Å². The molecule has 0 bridgehead atoms. The van der Waals surface area contributed by atoms with Crippen LogP contribution in [0.2, 0.25) is 0 Å². The molecule has 1 saturated carbocycles. The monoisotopic (exact) mass is 309 g/mol. The summed E-state index contributed by atoms with van der Waals surface area (Å²) in [5, 5.41) is 18.0. The minimum atomic E-state index is 0.246. The van der Waals surface area contributed by atoms with Gasteiger partial charge in [-0.1, -0.05) is 0 Å². The Balaban J connectivity index is 1.70. The molecule has 2 aromatic rings. The SMILES string of the molecule is N#Cc1cc2cnc(NC3CCC3)cc2c(N[C@@H]2CCOC2)n1. The topological polar surface area (TPSA) is 82.9 Å². The second kappa shape index (κ2) is 6.01. The van der Waals surface area contributed by atoms with Gasteiger partial charge >= 0.3 is 0 Å². The average Bonchev–Trinajstić information content (AvgIpc) is 3.04. The largest absolute Gasteiger partial charge is 0.379 e. The molecule has 4 rings (SSSR count). The van der Waals surface area contributed by atoms with Crippen molar-refractivity contribution in [1.82, 2.24) is 9.97 Å². The van der Waals surface area contributed by atoms with Gasteiger partial charge in [0.25, 0.3) is 0 Å². The summed E-state index contributed by atoms with van der Waals surface area (Å²) in [4.78, 5) is 8.93. The number of fused-ring (bicyclic) bond motifs is 1. The molecule has 0 aromatic carbocycles. The molecule has 3 heterocycles. The van der Waals surface area contributed by atoms with Gasteiger partial charge in [0.05, 0.1) is 12.6 Å². The van der Waals surface area contributed by atoms with Crippen LogP contribution in [-0.2, 0) is 4.74 Å². The van der Waals surface area contributed by atoms with E-state index in [1.807, 2.05) is 12.3 Å². The zero-order valence-electron chi connectivity index (χ0n) is 12.9. The molecule has 1 aliphatic heterocycles. The highest BCUT2D eigenvalue weighted by Gasteiger charge is 2.20. The summed E-state index contributed by atoms with van der Waals surface area (Å²) >= 11 is 0. The van der Waals surface area contributed by atoms with Crippen molar-refractivity contribution in [2.75, 3.05) is 23.8 Å². The van der Waals surface area contributed by atoms with Gasteiger partial charge < -0.3 is 15.4 Å². The Labute approximate surface area is 134 Å². The van der Waals surface area contributed by atoms with Crippen LogP contribution < -0.4 is 10.6 Å². The molecule has 0 radical (unpaired) electrons. The van der Waals surface area contributed by atoms with Crippen molar-refractivity contribution in [2.45, 2.75) is 37.8 Å². The lowest BCUT2D eigenvalue weighted by molar-refractivity contribution is 0.195. The molecule has 2 aromatic heterocycles. The summed E-state index contributed by atoms with van der Waals surface area (Å²) in [6, 6.07) is 6.71. The average molecular weight is 309 g/mol. The first-order chi connectivity index (χ1) is 11.3. The molecule has 0 unspecified atom stereocenters. The molecule has 1 aliphatic carbocycles. The molecule has 1 saturated heterocycles. The first-order valence-electron chi connectivity index (χ1n) is 8.13. The van der Waals surface area contributed by atoms with Crippen LogP contribution in [0, 0.1) is 11.3 Å². The highest BCUT2D eigenvalue weighted by Crippen LogP contribution is 2.28. The first-order valence-corrected chi connectivity index (χ1v) is 8.13. The molecule has 0 spiro atoms. The predicted octanol–water partition coefficient (Wildman–Crippen LogP) is 2.67. The zero-order chi connectivity index (χ0) is 15.6. The number of rotatable bonds is 4. The molecule has 23 heavy (non-hydrogen) atoms. The van der Waals surface area contributed by atoms with E-state index in [0.29, 0.717) is 18.3 Å². The van der Waals surface area contributed by atoms with Crippen LogP contribution in [0.25, 0.3) is 10.8 Å². The number of pyridine rings is 2. The fourth-order valence-electron chi connectivity index (χ4n) is 3.00. The van der Waals surface area contributed by atoms with Crippen molar-refractivity contribution in [3.05, 3.63) is 24.0 Å². The van der Waals surface area contributed by atoms with Crippen molar-refractivity contribution >= 4 is 22.4 Å². The number of ether oxygens (including phenoxy) is 1. The third-order valence-corrected chi connectivity index (χ3v) is 4.56. The second-order valence-corrected chi connectivity index (χ2v) is 6.24. The van der Waals surface area contributed by atoms with Gasteiger partial charge in [0, 0.05) is 29.6 Å². The van der Waals surface area contributed by atoms with E-state index in [1.165, 1.54) is 19.3 Å². The molecule has 1 atom stereocenters. The number of nitrogens with one attached hydrogen (secondary N) is 2. The minimum Gasteiger partial charge on any atom is -0.379 e. The van der Waals surface area contributed by atoms with E-state index in [0.717, 1.165) is 35.4 Å². The van der Waals surface area contributed by atoms with Crippen molar-refractivity contribution in [3.8, 4) is 6.07 Å². The lowest BCUT2D eigenvalue weighted by Crippen LogP contribution is -2.27. The summed E-state index contributed by atoms with van der Waals surface area (Å²) in [5.41, 5.74) is 0.403. The quantitative estimate of drug-likeness (QED) is 0.903. The maximum Gasteiger partial charge on any atom is 0.143 e. The number of nitriles is 1. The summed E-state index contributed by atoms with van der Waals surface area (Å²) in [6.45, 7) is 1.45. The Bertz CT molecular complexity index is 759. The number of hydrogen-bond acceptors (Lipinski definition) is 6. The van der Waals surface area contributed by atoms with Crippen LogP contribution in [0.4, 0.5) is 11.6 Å². The van der Waals surface area contributed by atoms with Crippen molar-refractivity contribution < 1.29 is 4.74 Å². The van der Waals surface area contributed by atoms with Gasteiger partial charge in [-0.2, -0.15) is 5.26 Å². The number of hydrogen-bond donors (Lipinski definition) is 2. The standard InChI is InChI=1S/C17H19N5O/c18-8-14-6-11-9-19-16(20-12-2-1-3-12)7-15(11)17(22-14)21-13-4-5-23-10-13/h6-7,9,12-13H,1-5,10H2,(H,19,20)(H,21,22)/t13-/m1/s1. The molecule has 2 N–H and O–H groups in total. The Morgan fingerprint density at radius 2 is 2.09 bits per heavy atom. The fourth-order valence-corrected chi connectivity index (χ4v) is 3.00. The Morgan fingerprint density at radius 3 is 2.78 bits per heavy atom. The molecular weight excluding hydrogens is 290 g/mol. The fraction of sp³-hybridized carbons (Fsp3) is 0.471. The maximum absolute atomic E-state index is 9.20. The van der Waals surface area contributed by atoms with E-state index in [-0.39, 0.29) is 6.04 Å². The van der Waals surface area contributed by atoms with Crippen LogP contribution in [0.5, 0.6) is 0 Å². The van der Waals surface area contributed by atoms with Crippen LogP contribution in [-0.4, -0.2) is 35.3 Å². The molecule has 2 fully saturated rings. The van der Waals surface area contributed by atoms with E-state index >= 15 is 0 Å². The highest BCUT2D eigenvalue weighted by molar-refractivity contribution is 5.93. The summed E-state index contributed by atoms with van der Waals surface area (Å²) < 4.78 is 5.42. The van der Waals surface area contributed by atoms with E-state index in [1.54, 1.807) is 6.07 Å². The second-order valence-electron chi connectivity index (χ2n) is 6.24. The maximum atomic E-state index is 9.20. The third-order valence-electron chi connectivity index (χ3n) is 4.56. The van der Waals surface area contributed by atoms with Gasteiger partial charge in [-0.3, -0.25) is 0 Å². The van der Waals surface area contributed by atoms with E-state index in [4.69, 9.17) is 4.74 Å². The van der Waals surface area contributed by atoms with Crippen LogP contribution >= 0.6 is 0 Å². The van der Waals surface area contributed by atoms with Gasteiger partial charge in [-0.15, -0.1) is 0 Å². The third kappa shape index (κ3) is 2.92. The molecule has 6 nitrogen and oxygen atoms in total. The predicted molar refractivity (Wildman–Crippen MR) is 88.4 cm³/mol. The van der Waals surface area contributed by atoms with Crippen molar-refractivity contribution in [2.24, 2.45) is 0 Å². The van der Waals surface area contributed by atoms with Gasteiger partial charge in [-0.25, -0.2) is 9.97 Å².